The van der Waals surface area contributed by atoms with Crippen LogP contribution in [0.1, 0.15) is 10.4 Å². The number of amides is 1. The number of carboxylic acid groups (broad SMARTS) is 1. The predicted octanol–water partition coefficient (Wildman–Crippen LogP) is 3.48. The van der Waals surface area contributed by atoms with E-state index < -0.39 is 29.2 Å². The first kappa shape index (κ1) is 17.3. The quantitative estimate of drug-likeness (QED) is 0.501. The van der Waals surface area contributed by atoms with E-state index in [1.54, 1.807) is 24.3 Å². The molecule has 0 aliphatic heterocycles. The second-order valence-corrected chi connectivity index (χ2v) is 5.74. The molecule has 4 rings (SSSR count). The van der Waals surface area contributed by atoms with Gasteiger partial charge in [0.2, 0.25) is 0 Å². The van der Waals surface area contributed by atoms with Gasteiger partial charge in [-0.3, -0.25) is 9.89 Å². The fraction of sp³-hybridized carbons (Fsp3) is 0. The number of anilines is 1. The third kappa shape index (κ3) is 2.76. The molecule has 0 aliphatic rings. The Morgan fingerprint density at radius 2 is 1.79 bits per heavy atom. The number of H-pyrrole nitrogens is 1. The molecule has 4 aromatic rings. The van der Waals surface area contributed by atoms with Crippen LogP contribution in [0.2, 0.25) is 0 Å². The Bertz CT molecular complexity index is 1210. The smallest absolute Gasteiger partial charge is 0.417 e. The third-order valence-corrected chi connectivity index (χ3v) is 4.04. The molecule has 8 nitrogen and oxygen atoms in total. The summed E-state index contributed by atoms with van der Waals surface area (Å²) in [6.07, 6.45) is -0.0403. The number of carbonyl (C=O) groups excluding carboxylic acids is 1. The van der Waals surface area contributed by atoms with Crippen LogP contribution in [0.4, 0.5) is 19.3 Å². The summed E-state index contributed by atoms with van der Waals surface area (Å²) in [4.78, 5) is 28.3. The molecule has 3 N–H and O–H groups in total. The highest BCUT2D eigenvalue weighted by Crippen LogP contribution is 2.29. The third-order valence-electron chi connectivity index (χ3n) is 4.04. The molecule has 0 unspecified atom stereocenters. The number of fused-ring (bicyclic) bond motifs is 1. The van der Waals surface area contributed by atoms with Gasteiger partial charge in [-0.05, 0) is 24.3 Å². The molecule has 0 bridgehead atoms. The molecule has 140 valence electrons. The SMILES string of the molecule is O=C(Nc1c[nH]nc1-c1nc2ccccc2n1C(=O)O)c1c(F)cccc1F. The molecule has 0 fully saturated rings. The zero-order valence-corrected chi connectivity index (χ0v) is 14.0. The van der Waals surface area contributed by atoms with Crippen LogP contribution in [-0.4, -0.2) is 36.9 Å². The molecular weight excluding hydrogens is 372 g/mol. The molecule has 2 aromatic carbocycles. The summed E-state index contributed by atoms with van der Waals surface area (Å²) in [5.41, 5.74) is -0.0127. The van der Waals surface area contributed by atoms with Gasteiger partial charge in [-0.25, -0.2) is 23.1 Å². The average Bonchev–Trinajstić information content (AvgIpc) is 3.25. The van der Waals surface area contributed by atoms with Gasteiger partial charge in [0.25, 0.3) is 5.91 Å². The summed E-state index contributed by atoms with van der Waals surface area (Å²) in [5, 5.41) is 18.3. The molecule has 0 saturated carbocycles. The van der Waals surface area contributed by atoms with Gasteiger partial charge in [-0.1, -0.05) is 18.2 Å². The molecular formula is C18H11F2N5O3. The molecule has 1 amide bonds. The zero-order valence-electron chi connectivity index (χ0n) is 14.0. The lowest BCUT2D eigenvalue weighted by atomic mass is 10.2. The molecule has 0 radical (unpaired) electrons. The fourth-order valence-electron chi connectivity index (χ4n) is 2.83. The van der Waals surface area contributed by atoms with E-state index in [0.717, 1.165) is 22.8 Å². The van der Waals surface area contributed by atoms with E-state index in [4.69, 9.17) is 0 Å². The van der Waals surface area contributed by atoms with Gasteiger partial charge in [0.1, 0.15) is 17.2 Å². The lowest BCUT2D eigenvalue weighted by Gasteiger charge is -2.07. The van der Waals surface area contributed by atoms with Gasteiger partial charge < -0.3 is 10.4 Å². The van der Waals surface area contributed by atoms with E-state index in [0.29, 0.717) is 11.0 Å². The van der Waals surface area contributed by atoms with Crippen molar-refractivity contribution in [3.05, 3.63) is 65.9 Å². The van der Waals surface area contributed by atoms with Crippen molar-refractivity contribution in [1.82, 2.24) is 19.7 Å². The first-order valence-electron chi connectivity index (χ1n) is 7.97. The summed E-state index contributed by atoms with van der Waals surface area (Å²) < 4.78 is 28.6. The summed E-state index contributed by atoms with van der Waals surface area (Å²) in [6, 6.07) is 9.59. The number of benzene rings is 2. The maximum atomic E-state index is 13.8. The highest BCUT2D eigenvalue weighted by atomic mass is 19.1. The Kier molecular flexibility index (Phi) is 4.07. The minimum atomic E-state index is -1.30. The van der Waals surface area contributed by atoms with E-state index >= 15 is 0 Å². The van der Waals surface area contributed by atoms with Crippen molar-refractivity contribution >= 4 is 28.7 Å². The van der Waals surface area contributed by atoms with Gasteiger partial charge in [0.05, 0.1) is 16.7 Å². The van der Waals surface area contributed by atoms with Crippen molar-refractivity contribution < 1.29 is 23.5 Å². The minimum Gasteiger partial charge on any atom is -0.464 e. The maximum Gasteiger partial charge on any atom is 0.417 e. The number of rotatable bonds is 3. The number of hydrogen-bond donors (Lipinski definition) is 3. The Labute approximate surface area is 155 Å². The van der Waals surface area contributed by atoms with Crippen molar-refractivity contribution in [2.45, 2.75) is 0 Å². The molecule has 2 aromatic heterocycles. The summed E-state index contributed by atoms with van der Waals surface area (Å²) in [6.45, 7) is 0. The average molecular weight is 383 g/mol. The second kappa shape index (κ2) is 6.58. The van der Waals surface area contributed by atoms with Crippen molar-refractivity contribution in [2.24, 2.45) is 0 Å². The number of halogens is 2. The number of aromatic amines is 1. The van der Waals surface area contributed by atoms with E-state index in [1.807, 2.05) is 0 Å². The lowest BCUT2D eigenvalue weighted by molar-refractivity contribution is 0.101. The van der Waals surface area contributed by atoms with E-state index in [1.165, 1.54) is 6.20 Å². The number of nitrogens with one attached hydrogen (secondary N) is 2. The van der Waals surface area contributed by atoms with Crippen LogP contribution in [0.15, 0.2) is 48.7 Å². The van der Waals surface area contributed by atoms with E-state index in [9.17, 15) is 23.5 Å². The number of aromatic nitrogens is 4. The van der Waals surface area contributed by atoms with Gasteiger partial charge in [-0.15, -0.1) is 0 Å². The van der Waals surface area contributed by atoms with Crippen LogP contribution in [0.3, 0.4) is 0 Å². The first-order valence-corrected chi connectivity index (χ1v) is 7.97. The largest absolute Gasteiger partial charge is 0.464 e. The van der Waals surface area contributed by atoms with Gasteiger partial charge in [0, 0.05) is 6.20 Å². The molecule has 0 saturated heterocycles. The normalized spacial score (nSPS) is 10.9. The molecule has 0 spiro atoms. The predicted molar refractivity (Wildman–Crippen MR) is 95.0 cm³/mol. The number of para-hydroxylation sites is 2. The molecule has 2 heterocycles. The summed E-state index contributed by atoms with van der Waals surface area (Å²) >= 11 is 0. The van der Waals surface area contributed by atoms with Crippen molar-refractivity contribution in [3.8, 4) is 11.5 Å². The van der Waals surface area contributed by atoms with Crippen molar-refractivity contribution in [2.75, 3.05) is 5.32 Å². The Hall–Kier alpha value is -4.08. The zero-order chi connectivity index (χ0) is 19.8. The monoisotopic (exact) mass is 383 g/mol. The maximum absolute atomic E-state index is 13.8. The summed E-state index contributed by atoms with van der Waals surface area (Å²) in [7, 11) is 0. The van der Waals surface area contributed by atoms with Gasteiger partial charge in [0.15, 0.2) is 11.5 Å². The Balaban J connectivity index is 1.79. The van der Waals surface area contributed by atoms with Crippen LogP contribution in [0.25, 0.3) is 22.6 Å². The first-order chi connectivity index (χ1) is 13.5. The molecule has 0 aliphatic carbocycles. The van der Waals surface area contributed by atoms with Crippen LogP contribution in [-0.2, 0) is 0 Å². The molecule has 0 atom stereocenters. The Morgan fingerprint density at radius 1 is 1.07 bits per heavy atom. The second-order valence-electron chi connectivity index (χ2n) is 5.74. The standard InChI is InChI=1S/C18H11F2N5O3/c19-9-4-3-5-10(20)14(9)17(26)23-12-8-21-24-15(12)16-22-11-6-1-2-7-13(11)25(16)18(27)28/h1-8H,(H,21,24)(H,23,26)(H,27,28). The molecule has 10 heteroatoms. The number of carbonyl (C=O) groups is 2. The minimum absolute atomic E-state index is 0.00342. The number of hydrogen-bond acceptors (Lipinski definition) is 4. The van der Waals surface area contributed by atoms with Crippen LogP contribution in [0, 0.1) is 11.6 Å². The van der Waals surface area contributed by atoms with Gasteiger partial charge in [-0.2, -0.15) is 5.10 Å². The van der Waals surface area contributed by atoms with Crippen molar-refractivity contribution in [1.29, 1.82) is 0 Å². The van der Waals surface area contributed by atoms with Crippen LogP contribution in [0.5, 0.6) is 0 Å². The Morgan fingerprint density at radius 3 is 2.50 bits per heavy atom. The summed E-state index contributed by atoms with van der Waals surface area (Å²) in [5.74, 6) is -3.16. The fourth-order valence-corrected chi connectivity index (χ4v) is 2.83. The molecule has 28 heavy (non-hydrogen) atoms. The van der Waals surface area contributed by atoms with E-state index in [2.05, 4.69) is 20.5 Å². The highest BCUT2D eigenvalue weighted by Gasteiger charge is 2.24. The number of nitrogens with zero attached hydrogens (tertiary/aromatic N) is 3. The van der Waals surface area contributed by atoms with E-state index in [-0.39, 0.29) is 17.2 Å². The van der Waals surface area contributed by atoms with Crippen molar-refractivity contribution in [3.63, 3.8) is 0 Å². The van der Waals surface area contributed by atoms with Crippen LogP contribution >= 0.6 is 0 Å². The van der Waals surface area contributed by atoms with Crippen LogP contribution < -0.4 is 5.32 Å². The van der Waals surface area contributed by atoms with Gasteiger partial charge >= 0.3 is 6.09 Å². The highest BCUT2D eigenvalue weighted by molar-refractivity contribution is 6.06. The topological polar surface area (TPSA) is 113 Å². The number of imidazole rings is 1. The lowest BCUT2D eigenvalue weighted by Crippen LogP contribution is -2.16.